The number of para-hydroxylation sites is 3. The van der Waals surface area contributed by atoms with E-state index in [0.717, 1.165) is 106 Å². The number of benzene rings is 9. The highest BCUT2D eigenvalue weighted by molar-refractivity contribution is 5.95. The molecule has 0 fully saturated rings. The topological polar surface area (TPSA) is 61.4 Å². The summed E-state index contributed by atoms with van der Waals surface area (Å²) in [7, 11) is 0. The smallest absolute Gasteiger partial charge is 0.160 e. The summed E-state index contributed by atoms with van der Waals surface area (Å²) in [6.45, 7) is 0. The van der Waals surface area contributed by atoms with Gasteiger partial charge in [-0.1, -0.05) is 176 Å². The molecule has 9 aromatic carbocycles. The lowest BCUT2D eigenvalue weighted by molar-refractivity contribution is 1.10. The van der Waals surface area contributed by atoms with Crippen LogP contribution in [0.3, 0.4) is 0 Å². The van der Waals surface area contributed by atoms with Gasteiger partial charge in [0.05, 0.1) is 33.3 Å². The van der Waals surface area contributed by atoms with Crippen molar-refractivity contribution in [3.05, 3.63) is 231 Å². The Morgan fingerprint density at radius 1 is 0.266 bits per heavy atom. The predicted molar refractivity (Wildman–Crippen MR) is 261 cm³/mol. The molecule has 6 nitrogen and oxygen atoms in total. The van der Waals surface area contributed by atoms with Crippen molar-refractivity contribution in [1.82, 2.24) is 29.1 Å². The van der Waals surface area contributed by atoms with Crippen molar-refractivity contribution in [2.45, 2.75) is 0 Å². The monoisotopic (exact) mass is 818 g/mol. The minimum absolute atomic E-state index is 0.683. The molecule has 0 bridgehead atoms. The van der Waals surface area contributed by atoms with Crippen molar-refractivity contribution in [1.29, 1.82) is 0 Å². The zero-order chi connectivity index (χ0) is 42.4. The van der Waals surface area contributed by atoms with E-state index in [0.29, 0.717) is 5.82 Å². The fourth-order valence-electron chi connectivity index (χ4n) is 8.82. The van der Waals surface area contributed by atoms with Crippen LogP contribution in [0.4, 0.5) is 0 Å². The van der Waals surface area contributed by atoms with Gasteiger partial charge in [-0.05, 0) is 76.9 Å². The summed E-state index contributed by atoms with van der Waals surface area (Å²) in [4.78, 5) is 20.7. The largest absolute Gasteiger partial charge is 0.292 e. The molecule has 3 heterocycles. The average molecular weight is 819 g/mol. The van der Waals surface area contributed by atoms with Gasteiger partial charge in [-0.3, -0.25) is 9.13 Å². The Balaban J connectivity index is 0.868. The zero-order valence-electron chi connectivity index (χ0n) is 34.6. The average Bonchev–Trinajstić information content (AvgIpc) is 3.96. The molecule has 0 N–H and O–H groups in total. The van der Waals surface area contributed by atoms with Gasteiger partial charge in [0.15, 0.2) is 5.82 Å². The second kappa shape index (κ2) is 15.6. The van der Waals surface area contributed by atoms with Gasteiger partial charge in [-0.25, -0.2) is 19.9 Å². The molecule has 0 spiro atoms. The number of rotatable bonds is 8. The molecule has 3 aromatic heterocycles. The van der Waals surface area contributed by atoms with Crippen LogP contribution in [0.1, 0.15) is 0 Å². The van der Waals surface area contributed by atoms with Gasteiger partial charge < -0.3 is 0 Å². The van der Waals surface area contributed by atoms with E-state index < -0.39 is 0 Å². The summed E-state index contributed by atoms with van der Waals surface area (Å²) in [6, 6.07) is 80.2. The highest BCUT2D eigenvalue weighted by Crippen LogP contribution is 2.36. The first kappa shape index (κ1) is 37.1. The Bertz CT molecular complexity index is 3620. The molecule has 0 atom stereocenters. The Hall–Kier alpha value is -8.74. The van der Waals surface area contributed by atoms with Crippen molar-refractivity contribution < 1.29 is 0 Å². The summed E-state index contributed by atoms with van der Waals surface area (Å²) in [6.07, 6.45) is 0. The third kappa shape index (κ3) is 6.62. The zero-order valence-corrected chi connectivity index (χ0v) is 34.6. The quantitative estimate of drug-likeness (QED) is 0.153. The van der Waals surface area contributed by atoms with Crippen LogP contribution in [-0.2, 0) is 0 Å². The Morgan fingerprint density at radius 3 is 1.17 bits per heavy atom. The summed E-state index contributed by atoms with van der Waals surface area (Å²) in [5, 5.41) is 1.01. The maximum absolute atomic E-state index is 5.23. The van der Waals surface area contributed by atoms with Crippen LogP contribution in [-0.4, -0.2) is 29.1 Å². The first-order valence-electron chi connectivity index (χ1n) is 21.5. The van der Waals surface area contributed by atoms with E-state index >= 15 is 0 Å². The van der Waals surface area contributed by atoms with Gasteiger partial charge in [-0.15, -0.1) is 0 Å². The van der Waals surface area contributed by atoms with Crippen LogP contribution in [0.15, 0.2) is 231 Å². The number of fused-ring (bicyclic) bond motifs is 3. The molecule has 0 amide bonds. The third-order valence-corrected chi connectivity index (χ3v) is 12.0. The van der Waals surface area contributed by atoms with Crippen molar-refractivity contribution in [3.8, 4) is 79.0 Å². The van der Waals surface area contributed by atoms with E-state index in [1.807, 2.05) is 36.4 Å². The molecule has 0 unspecified atom stereocenters. The minimum atomic E-state index is 0.683. The molecule has 0 aliphatic carbocycles. The Morgan fingerprint density at radius 2 is 0.672 bits per heavy atom. The first-order valence-corrected chi connectivity index (χ1v) is 21.5. The number of hydrogen-bond donors (Lipinski definition) is 0. The standard InChI is InChI=1S/C58H38N6/c1-5-15-43(16-6-1)57-60-51-37-45(33-35-53(51)63(57)47-19-9-3-10-20-47)39-25-29-41(30-26-39)55-49-23-13-14-24-50(49)59-56(62-55)42-31-27-40(28-32-42)46-34-36-54-52(38-46)61-58(44-17-7-2-8-18-44)64(54)48-21-11-4-12-22-48/h1-38H. The van der Waals surface area contributed by atoms with Crippen LogP contribution >= 0.6 is 0 Å². The number of nitrogens with zero attached hydrogens (tertiary/aromatic N) is 6. The van der Waals surface area contributed by atoms with Gasteiger partial charge in [0.1, 0.15) is 11.6 Å². The molecular weight excluding hydrogens is 781 g/mol. The summed E-state index contributed by atoms with van der Waals surface area (Å²) in [5.74, 6) is 2.52. The number of hydrogen-bond acceptors (Lipinski definition) is 4. The van der Waals surface area contributed by atoms with Crippen molar-refractivity contribution in [2.75, 3.05) is 0 Å². The lowest BCUT2D eigenvalue weighted by Crippen LogP contribution is -1.97. The molecule has 12 rings (SSSR count). The maximum atomic E-state index is 5.23. The molecule has 12 aromatic rings. The van der Waals surface area contributed by atoms with Crippen LogP contribution in [0.5, 0.6) is 0 Å². The fourth-order valence-corrected chi connectivity index (χ4v) is 8.82. The molecular formula is C58H38N6. The summed E-state index contributed by atoms with van der Waals surface area (Å²) >= 11 is 0. The van der Waals surface area contributed by atoms with Crippen molar-refractivity contribution >= 4 is 33.0 Å². The third-order valence-electron chi connectivity index (χ3n) is 12.0. The highest BCUT2D eigenvalue weighted by Gasteiger charge is 2.18. The van der Waals surface area contributed by atoms with E-state index in [1.165, 1.54) is 0 Å². The molecule has 0 aliphatic heterocycles. The van der Waals surface area contributed by atoms with E-state index in [2.05, 4.69) is 203 Å². The van der Waals surface area contributed by atoms with E-state index in [1.54, 1.807) is 0 Å². The highest BCUT2D eigenvalue weighted by atomic mass is 15.1. The van der Waals surface area contributed by atoms with Crippen molar-refractivity contribution in [2.24, 2.45) is 0 Å². The molecule has 300 valence electrons. The van der Waals surface area contributed by atoms with Gasteiger partial charge in [-0.2, -0.15) is 0 Å². The molecule has 6 heteroatoms. The lowest BCUT2D eigenvalue weighted by Gasteiger charge is -2.11. The Kier molecular flexibility index (Phi) is 9.05. The van der Waals surface area contributed by atoms with E-state index in [-0.39, 0.29) is 0 Å². The molecule has 64 heavy (non-hydrogen) atoms. The van der Waals surface area contributed by atoms with Crippen LogP contribution < -0.4 is 0 Å². The lowest BCUT2D eigenvalue weighted by atomic mass is 10.00. The summed E-state index contributed by atoms with van der Waals surface area (Å²) in [5.41, 5.74) is 16.5. The normalized spacial score (nSPS) is 11.4. The second-order valence-corrected chi connectivity index (χ2v) is 15.9. The van der Waals surface area contributed by atoms with E-state index in [4.69, 9.17) is 19.9 Å². The predicted octanol–water partition coefficient (Wildman–Crippen LogP) is 14.3. The molecule has 0 saturated heterocycles. The maximum Gasteiger partial charge on any atom is 0.160 e. The second-order valence-electron chi connectivity index (χ2n) is 15.9. The SMILES string of the molecule is c1ccc(-c2nc3cc(-c4ccc(-c5nc(-c6ccc(-c7ccc8c(c7)nc(-c7ccccc7)n8-c7ccccc7)cc6)c6ccccc6n5)cc4)ccc3n2-c2ccccc2)cc1. The number of aromatic nitrogens is 6. The Labute approximate surface area is 370 Å². The molecule has 0 aliphatic rings. The van der Waals surface area contributed by atoms with Crippen molar-refractivity contribution in [3.63, 3.8) is 0 Å². The summed E-state index contributed by atoms with van der Waals surface area (Å²) < 4.78 is 4.48. The fraction of sp³-hybridized carbons (Fsp3) is 0. The van der Waals surface area contributed by atoms with E-state index in [9.17, 15) is 0 Å². The van der Waals surface area contributed by atoms with Gasteiger partial charge in [0.25, 0.3) is 0 Å². The van der Waals surface area contributed by atoms with Crippen LogP contribution in [0.2, 0.25) is 0 Å². The van der Waals surface area contributed by atoms with Gasteiger partial charge >= 0.3 is 0 Å². The van der Waals surface area contributed by atoms with Gasteiger partial charge in [0.2, 0.25) is 0 Å². The first-order chi connectivity index (χ1) is 31.7. The molecule has 0 saturated carbocycles. The van der Waals surface area contributed by atoms with Crippen LogP contribution in [0.25, 0.3) is 112 Å². The number of imidazole rings is 2. The molecule has 0 radical (unpaired) electrons. The van der Waals surface area contributed by atoms with Gasteiger partial charge in [0, 0.05) is 39.0 Å². The minimum Gasteiger partial charge on any atom is -0.292 e. The van der Waals surface area contributed by atoms with Crippen LogP contribution in [0, 0.1) is 0 Å².